The molecule has 0 spiro atoms. The van der Waals surface area contributed by atoms with Crippen molar-refractivity contribution in [2.75, 3.05) is 0 Å². The van der Waals surface area contributed by atoms with Gasteiger partial charge in [-0.2, -0.15) is 0 Å². The molecule has 0 radical (unpaired) electrons. The van der Waals surface area contributed by atoms with Crippen LogP contribution in [0.3, 0.4) is 0 Å². The van der Waals surface area contributed by atoms with E-state index in [9.17, 15) is 0 Å². The van der Waals surface area contributed by atoms with Crippen LogP contribution in [0.1, 0.15) is 0 Å². The summed E-state index contributed by atoms with van der Waals surface area (Å²) in [4.78, 5) is 9.66. The molecular formula is C32H22N2. The molecular weight excluding hydrogens is 412 g/mol. The van der Waals surface area contributed by atoms with Crippen LogP contribution in [-0.4, -0.2) is 9.97 Å². The maximum absolute atomic E-state index is 4.98. The van der Waals surface area contributed by atoms with Gasteiger partial charge in [-0.05, 0) is 34.7 Å². The first kappa shape index (κ1) is 20.1. The Morgan fingerprint density at radius 2 is 0.853 bits per heavy atom. The lowest BCUT2D eigenvalue weighted by molar-refractivity contribution is 1.32. The summed E-state index contributed by atoms with van der Waals surface area (Å²) in [6, 6.07) is 44.2. The van der Waals surface area contributed by atoms with E-state index in [0.29, 0.717) is 0 Å². The molecule has 0 aliphatic carbocycles. The van der Waals surface area contributed by atoms with Crippen LogP contribution in [0.4, 0.5) is 0 Å². The van der Waals surface area contributed by atoms with Gasteiger partial charge in [0.05, 0.1) is 17.1 Å². The highest BCUT2D eigenvalue weighted by atomic mass is 14.7. The molecule has 0 aliphatic rings. The molecule has 0 bridgehead atoms. The summed E-state index contributed by atoms with van der Waals surface area (Å²) in [5.41, 5.74) is 8.54. The van der Waals surface area contributed by atoms with Crippen molar-refractivity contribution in [1.82, 2.24) is 9.97 Å². The number of rotatable bonds is 4. The van der Waals surface area contributed by atoms with Crippen LogP contribution in [0.25, 0.3) is 55.7 Å². The van der Waals surface area contributed by atoms with Gasteiger partial charge in [0.1, 0.15) is 0 Å². The molecule has 0 saturated heterocycles. The van der Waals surface area contributed by atoms with Gasteiger partial charge in [0.25, 0.3) is 0 Å². The number of pyridine rings is 2. The van der Waals surface area contributed by atoms with Crippen molar-refractivity contribution < 1.29 is 0 Å². The first-order valence-corrected chi connectivity index (χ1v) is 11.4. The topological polar surface area (TPSA) is 25.8 Å². The molecule has 0 unspecified atom stereocenters. The van der Waals surface area contributed by atoms with Gasteiger partial charge < -0.3 is 0 Å². The maximum atomic E-state index is 4.98. The van der Waals surface area contributed by atoms with Crippen LogP contribution < -0.4 is 0 Å². The van der Waals surface area contributed by atoms with E-state index < -0.39 is 0 Å². The van der Waals surface area contributed by atoms with Gasteiger partial charge in [0, 0.05) is 28.3 Å². The minimum Gasteiger partial charge on any atom is -0.256 e. The Morgan fingerprint density at radius 1 is 0.353 bits per heavy atom. The second-order valence-corrected chi connectivity index (χ2v) is 8.35. The fourth-order valence-corrected chi connectivity index (χ4v) is 4.29. The third-order valence-corrected chi connectivity index (χ3v) is 6.11. The Bertz CT molecular complexity index is 1510. The van der Waals surface area contributed by atoms with E-state index in [0.717, 1.165) is 50.3 Å². The van der Waals surface area contributed by atoms with Crippen LogP contribution >= 0.6 is 0 Å². The molecule has 0 saturated carbocycles. The zero-order chi connectivity index (χ0) is 22.7. The predicted molar refractivity (Wildman–Crippen MR) is 141 cm³/mol. The average Bonchev–Trinajstić information content (AvgIpc) is 2.93. The van der Waals surface area contributed by atoms with Gasteiger partial charge >= 0.3 is 0 Å². The predicted octanol–water partition coefficient (Wildman–Crippen LogP) is 8.30. The van der Waals surface area contributed by atoms with Crippen LogP contribution in [0.2, 0.25) is 0 Å². The second-order valence-electron chi connectivity index (χ2n) is 8.35. The molecule has 2 nitrogen and oxygen atoms in total. The number of fused-ring (bicyclic) bond motifs is 1. The van der Waals surface area contributed by atoms with Crippen molar-refractivity contribution in [1.29, 1.82) is 0 Å². The van der Waals surface area contributed by atoms with Gasteiger partial charge in [-0.15, -0.1) is 0 Å². The van der Waals surface area contributed by atoms with Crippen molar-refractivity contribution in [3.63, 3.8) is 0 Å². The van der Waals surface area contributed by atoms with Crippen LogP contribution in [-0.2, 0) is 0 Å². The average molecular weight is 435 g/mol. The van der Waals surface area contributed by atoms with Crippen LogP contribution in [0, 0.1) is 0 Å². The summed E-state index contributed by atoms with van der Waals surface area (Å²) in [6.07, 6.45) is 1.94. The molecule has 34 heavy (non-hydrogen) atoms. The minimum atomic E-state index is 0.970. The molecule has 6 aromatic rings. The molecule has 2 heteroatoms. The second kappa shape index (κ2) is 8.76. The van der Waals surface area contributed by atoms with Crippen LogP contribution in [0.5, 0.6) is 0 Å². The molecule has 2 heterocycles. The Balaban J connectivity index is 1.42. The van der Waals surface area contributed by atoms with Gasteiger partial charge in [-0.25, -0.2) is 4.98 Å². The molecule has 0 N–H and O–H groups in total. The summed E-state index contributed by atoms with van der Waals surface area (Å²) in [6.45, 7) is 0. The van der Waals surface area contributed by atoms with Gasteiger partial charge in [0.15, 0.2) is 0 Å². The lowest BCUT2D eigenvalue weighted by atomic mass is 9.98. The van der Waals surface area contributed by atoms with Crippen LogP contribution in [0.15, 0.2) is 134 Å². The van der Waals surface area contributed by atoms with Gasteiger partial charge in [-0.3, -0.25) is 4.98 Å². The molecule has 160 valence electrons. The number of hydrogen-bond acceptors (Lipinski definition) is 2. The summed E-state index contributed by atoms with van der Waals surface area (Å²) in [5.74, 6) is 0. The van der Waals surface area contributed by atoms with E-state index in [1.165, 1.54) is 5.39 Å². The lowest BCUT2D eigenvalue weighted by Gasteiger charge is -2.11. The Kier molecular flexibility index (Phi) is 5.17. The fraction of sp³-hybridized carbons (Fsp3) is 0. The molecule has 0 aliphatic heterocycles. The first-order chi connectivity index (χ1) is 16.8. The Morgan fingerprint density at radius 3 is 1.47 bits per heavy atom. The first-order valence-electron chi connectivity index (χ1n) is 11.4. The van der Waals surface area contributed by atoms with Gasteiger partial charge in [0.2, 0.25) is 0 Å². The summed E-state index contributed by atoms with van der Waals surface area (Å²) < 4.78 is 0. The monoisotopic (exact) mass is 434 g/mol. The molecule has 0 fully saturated rings. The van der Waals surface area contributed by atoms with E-state index in [2.05, 4.69) is 114 Å². The quantitative estimate of drug-likeness (QED) is 0.279. The summed E-state index contributed by atoms with van der Waals surface area (Å²) in [5, 5.41) is 2.35. The molecule has 4 aromatic carbocycles. The standard InChI is InChI=1S/C32H22N2/c1-3-9-24(10-4-1)31-20-29(21-32(34-31)25-11-5-2-6-12-25)23-15-17-26(18-16-23)30-19-27-13-7-8-14-28(27)22-33-30/h1-22H. The Labute approximate surface area is 199 Å². The summed E-state index contributed by atoms with van der Waals surface area (Å²) in [7, 11) is 0. The van der Waals surface area contributed by atoms with E-state index in [-0.39, 0.29) is 0 Å². The number of nitrogens with zero attached hydrogens (tertiary/aromatic N) is 2. The third-order valence-electron chi connectivity index (χ3n) is 6.11. The highest BCUT2D eigenvalue weighted by Crippen LogP contribution is 2.31. The SMILES string of the molecule is c1ccc(-c2cc(-c3ccc(-c4cc5ccccc5cn4)cc3)cc(-c3ccccc3)n2)cc1. The molecule has 6 rings (SSSR count). The highest BCUT2D eigenvalue weighted by Gasteiger charge is 2.09. The van der Waals surface area contributed by atoms with Crippen molar-refractivity contribution in [3.8, 4) is 44.9 Å². The van der Waals surface area contributed by atoms with E-state index in [4.69, 9.17) is 4.98 Å². The van der Waals surface area contributed by atoms with Gasteiger partial charge in [-0.1, -0.05) is 109 Å². The molecule has 0 amide bonds. The Hall–Kier alpha value is -4.56. The normalized spacial score (nSPS) is 10.9. The smallest absolute Gasteiger partial charge is 0.0715 e. The molecule has 2 aromatic heterocycles. The lowest BCUT2D eigenvalue weighted by Crippen LogP contribution is -1.91. The van der Waals surface area contributed by atoms with Crippen molar-refractivity contribution in [2.24, 2.45) is 0 Å². The maximum Gasteiger partial charge on any atom is 0.0715 e. The third kappa shape index (κ3) is 3.98. The number of aromatic nitrogens is 2. The fourth-order valence-electron chi connectivity index (χ4n) is 4.29. The summed E-state index contributed by atoms with van der Waals surface area (Å²) >= 11 is 0. The van der Waals surface area contributed by atoms with E-state index in [1.54, 1.807) is 0 Å². The van der Waals surface area contributed by atoms with Crippen molar-refractivity contribution in [2.45, 2.75) is 0 Å². The molecule has 0 atom stereocenters. The van der Waals surface area contributed by atoms with E-state index in [1.807, 2.05) is 24.4 Å². The zero-order valence-electron chi connectivity index (χ0n) is 18.6. The van der Waals surface area contributed by atoms with E-state index >= 15 is 0 Å². The zero-order valence-corrected chi connectivity index (χ0v) is 18.6. The largest absolute Gasteiger partial charge is 0.256 e. The minimum absolute atomic E-state index is 0.970. The number of hydrogen-bond donors (Lipinski definition) is 0. The van der Waals surface area contributed by atoms with Crippen molar-refractivity contribution >= 4 is 10.8 Å². The number of benzene rings is 4. The van der Waals surface area contributed by atoms with Crippen molar-refractivity contribution in [3.05, 3.63) is 134 Å². The highest BCUT2D eigenvalue weighted by molar-refractivity contribution is 5.85.